The van der Waals surface area contributed by atoms with E-state index in [4.69, 9.17) is 143 Å². The minimum Gasteiger partial charge on any atom is -0.857 e. The Kier molecular flexibility index (Phi) is 74.0. The summed E-state index contributed by atoms with van der Waals surface area (Å²) in [5.41, 5.74) is -0.219. The van der Waals surface area contributed by atoms with Gasteiger partial charge in [0.15, 0.2) is 10.5 Å². The SMILES string of the molecule is Brc1ccc(Br)nc1.C.C.COc1cc([N+](=O)[O-])c(Br)c[n+]1O.COc1cc([N+](=O)[O-])c(Br)cn1.COc1ccc(Br)c[n+]1O.COc1ccc(Br)cn1.C[O-].ClCCl.ClCCl.ClP(Cl)Cl.O=S(=O)(O)O.O=[N+]([O-])O.[Na+]. The molecule has 42 heteroatoms. The number of nitro groups is 2. The third-order valence-corrected chi connectivity index (χ3v) is 8.35. The van der Waals surface area contributed by atoms with Gasteiger partial charge in [0, 0.05) is 36.9 Å². The zero-order chi connectivity index (χ0) is 58.4. The summed E-state index contributed by atoms with van der Waals surface area (Å²) < 4.78 is 56.3. The monoisotopic (exact) mass is 1660 g/mol. The molecule has 0 aliphatic heterocycles. The largest absolute Gasteiger partial charge is 1.00 e. The van der Waals surface area contributed by atoms with Gasteiger partial charge < -0.3 is 29.3 Å². The van der Waals surface area contributed by atoms with E-state index in [0.717, 1.165) is 42.1 Å². The number of hydrogen-bond donors (Lipinski definition) is 5. The predicted molar refractivity (Wildman–Crippen MR) is 306 cm³/mol. The molecule has 0 radical (unpaired) electrons. The fraction of sp³-hybridized carbons (Fsp3) is 0.265. The van der Waals surface area contributed by atoms with Crippen molar-refractivity contribution in [2.45, 2.75) is 14.9 Å². The Morgan fingerprint density at radius 2 is 0.947 bits per heavy atom. The van der Waals surface area contributed by atoms with Gasteiger partial charge in [0.2, 0.25) is 24.2 Å². The Bertz CT molecular complexity index is 2360. The van der Waals surface area contributed by atoms with Crippen molar-refractivity contribution in [3.8, 4) is 23.5 Å². The minimum absolute atomic E-state index is 0. The van der Waals surface area contributed by atoms with Crippen molar-refractivity contribution in [2.75, 3.05) is 46.2 Å². The Morgan fingerprint density at radius 3 is 1.25 bits per heavy atom. The molecule has 5 N–H and O–H groups in total. The summed E-state index contributed by atoms with van der Waals surface area (Å²) in [6.07, 6.45) is 7.40. The number of ether oxygens (including phenoxy) is 4. The van der Waals surface area contributed by atoms with Crippen LogP contribution in [0, 0.1) is 30.3 Å². The zero-order valence-corrected chi connectivity index (χ0v) is 56.3. The van der Waals surface area contributed by atoms with Gasteiger partial charge in [0.1, 0.15) is 15.1 Å². The molecule has 26 nitrogen and oxygen atoms in total. The summed E-state index contributed by atoms with van der Waals surface area (Å²) in [6.45, 7) is 0. The van der Waals surface area contributed by atoms with E-state index in [0.29, 0.717) is 21.0 Å². The van der Waals surface area contributed by atoms with Crippen molar-refractivity contribution in [3.05, 3.63) is 137 Å². The first-order valence-corrected chi connectivity index (χ1v) is 29.0. The van der Waals surface area contributed by atoms with E-state index in [9.17, 15) is 20.2 Å². The standard InChI is InChI=1S/C6H6BrN2O4.C6H5BrN2O3.C6H7BrNO2.C6H6BrNO.C5H3Br2N.2CH2Cl2.CH3O.2CH4.Cl3P.HNO3.Na.H2O4S/c1-13-6-2-5(9(11)12)4(7)3-8(6)10;1-12-6-2-5(9(10)11)4(7)3-8-6;1-10-6-3-2-5(7)4-8(6)9;1-9-6-3-2-5(7)4-8-6;6-4-1-2-5(7)8-3-4;2*2-1-3;1-2;;;1-4(2)3;2-1(3)4;;1-5(2,3)4/h2-3,10H,1H3;2-3H,1H3;2-4,9H,1H3;2-4H,1H3;1-3H;2*1H2;1H3;2*1H4;;(H,2,3,4);;(H2,1,2,3,4)/q+1;;+1;;;;;-1;;;;;+1;. The van der Waals surface area contributed by atoms with Gasteiger partial charge in [-0.25, -0.2) is 15.0 Å². The predicted octanol–water partition coefficient (Wildman–Crippen LogP) is 10.1. The Hall–Kier alpha value is -1.28. The Morgan fingerprint density at radius 1 is 0.605 bits per heavy atom. The minimum atomic E-state index is -4.67. The first-order chi connectivity index (χ1) is 33.8. The van der Waals surface area contributed by atoms with Gasteiger partial charge in [-0.15, -0.1) is 56.5 Å². The first kappa shape index (κ1) is 94.0. The molecule has 76 heavy (non-hydrogen) atoms. The molecule has 0 saturated carbocycles. The topological polar surface area (TPSA) is 371 Å². The molecule has 0 atom stereocenters. The van der Waals surface area contributed by atoms with Gasteiger partial charge in [-0.3, -0.25) is 39.7 Å². The maximum absolute atomic E-state index is 10.4. The second-order valence-electron chi connectivity index (χ2n) is 9.72. The van der Waals surface area contributed by atoms with Crippen molar-refractivity contribution in [2.24, 2.45) is 0 Å². The number of methoxy groups -OCH3 is 4. The van der Waals surface area contributed by atoms with Gasteiger partial charge in [-0.1, -0.05) is 48.6 Å². The number of halogens is 13. The molecule has 0 aromatic carbocycles. The number of hydrogen-bond acceptors (Lipinski definition) is 18. The van der Waals surface area contributed by atoms with Crippen LogP contribution in [-0.4, -0.2) is 109 Å². The van der Waals surface area contributed by atoms with Crippen molar-refractivity contribution in [3.63, 3.8) is 0 Å². The molecule has 0 aliphatic rings. The third-order valence-electron chi connectivity index (χ3n) is 5.25. The van der Waals surface area contributed by atoms with Crippen LogP contribution in [-0.2, 0) is 10.4 Å². The molecule has 5 rings (SSSR count). The molecular weight excluding hydrogens is 1620 g/mol. The molecular formula is C34H45Br6Cl7N8NaO18PS+2. The maximum atomic E-state index is 10.4. The second kappa shape index (κ2) is 59.8. The second-order valence-corrected chi connectivity index (χ2v) is 22.5. The van der Waals surface area contributed by atoms with Gasteiger partial charge >= 0.3 is 51.7 Å². The van der Waals surface area contributed by atoms with Crippen molar-refractivity contribution in [1.82, 2.24) is 15.0 Å². The molecule has 5 aromatic rings. The molecule has 0 aliphatic carbocycles. The normalized spacial score (nSPS) is 8.55. The Labute approximate surface area is 544 Å². The molecule has 0 amide bonds. The molecule has 0 saturated heterocycles. The van der Waals surface area contributed by atoms with Crippen LogP contribution in [0.25, 0.3) is 0 Å². The van der Waals surface area contributed by atoms with Gasteiger partial charge in [-0.2, -0.15) is 15.5 Å². The summed E-state index contributed by atoms with van der Waals surface area (Å²) in [5, 5.41) is 61.3. The number of alkyl halides is 4. The average molecular weight is 1670 g/mol. The van der Waals surface area contributed by atoms with Crippen molar-refractivity contribution in [1.29, 1.82) is 0 Å². The van der Waals surface area contributed by atoms with Crippen LogP contribution in [0.3, 0.4) is 0 Å². The zero-order valence-electron chi connectivity index (χ0n) is 37.8. The van der Waals surface area contributed by atoms with Crippen LogP contribution in [0.2, 0.25) is 0 Å². The van der Waals surface area contributed by atoms with E-state index >= 15 is 0 Å². The molecule has 0 spiro atoms. The van der Waals surface area contributed by atoms with E-state index in [1.54, 1.807) is 37.7 Å². The van der Waals surface area contributed by atoms with E-state index < -0.39 is 31.3 Å². The first-order valence-electron chi connectivity index (χ1n) is 16.6. The summed E-state index contributed by atoms with van der Waals surface area (Å²) in [4.78, 5) is 39.7. The van der Waals surface area contributed by atoms with E-state index in [1.165, 1.54) is 39.8 Å². The number of rotatable bonds is 6. The van der Waals surface area contributed by atoms with Crippen LogP contribution in [0.1, 0.15) is 14.9 Å². The fourth-order valence-electron chi connectivity index (χ4n) is 2.90. The fourth-order valence-corrected chi connectivity index (χ4v) is 4.74. The summed E-state index contributed by atoms with van der Waals surface area (Å²) >= 11 is 52.5. The van der Waals surface area contributed by atoms with Crippen molar-refractivity contribution < 1.29 is 111 Å². The van der Waals surface area contributed by atoms with Crippen LogP contribution in [0.5, 0.6) is 23.5 Å². The van der Waals surface area contributed by atoms with Crippen molar-refractivity contribution >= 4 is 203 Å². The smallest absolute Gasteiger partial charge is 0.857 e. The summed E-state index contributed by atoms with van der Waals surface area (Å²) in [5.74, 6) is 0.0613. The summed E-state index contributed by atoms with van der Waals surface area (Å²) in [7, 11) is 1.88. The van der Waals surface area contributed by atoms with Crippen LogP contribution in [0.15, 0.2) is 106 Å². The number of nitrogens with zero attached hydrogens (tertiary/aromatic N) is 8. The van der Waals surface area contributed by atoms with Crippen LogP contribution < -0.4 is 63.1 Å². The van der Waals surface area contributed by atoms with E-state index in [2.05, 4.69) is 115 Å². The number of aromatic nitrogens is 5. The van der Waals surface area contributed by atoms with E-state index in [1.807, 2.05) is 18.2 Å². The molecule has 0 fully saturated rings. The Balaban J connectivity index is -0.0000000962. The number of pyridine rings is 5. The van der Waals surface area contributed by atoms with Gasteiger partial charge in [0.05, 0.1) is 71.8 Å². The molecule has 0 unspecified atom stereocenters. The third kappa shape index (κ3) is 63.6. The molecule has 5 heterocycles. The maximum Gasteiger partial charge on any atom is 1.00 e. The van der Waals surface area contributed by atoms with Crippen LogP contribution >= 0.6 is 182 Å². The summed E-state index contributed by atoms with van der Waals surface area (Å²) in [6, 6.07) is 13.3. The molecule has 0 bridgehead atoms. The van der Waals surface area contributed by atoms with Gasteiger partial charge in [0.25, 0.3) is 16.5 Å². The molecule has 430 valence electrons. The van der Waals surface area contributed by atoms with Gasteiger partial charge in [-0.05, 0) is 120 Å². The molecule has 5 aromatic heterocycles. The average Bonchev–Trinajstić information content (AvgIpc) is 3.29. The van der Waals surface area contributed by atoms with E-state index in [-0.39, 0.29) is 82.7 Å². The quantitative estimate of drug-likeness (QED) is 0.0121. The van der Waals surface area contributed by atoms with Crippen LogP contribution in [0.4, 0.5) is 11.4 Å².